The number of nitrogens with one attached hydrogen (secondary N) is 1. The number of piperazine rings is 1. The number of rotatable bonds is 3. The molecule has 6 heteroatoms. The molecule has 0 saturated carbocycles. The second kappa shape index (κ2) is 7.07. The molecule has 0 spiro atoms. The largest absolute Gasteiger partial charge is 0.374 e. The molecule has 2 aliphatic heterocycles. The van der Waals surface area contributed by atoms with E-state index in [0.717, 1.165) is 52.4 Å². The quantitative estimate of drug-likeness (QED) is 0.762. The van der Waals surface area contributed by atoms with Gasteiger partial charge in [0.05, 0.1) is 12.7 Å². The fraction of sp³-hybridized carbons (Fsp3) is 0.923. The van der Waals surface area contributed by atoms with E-state index in [2.05, 4.69) is 22.2 Å². The fourth-order valence-electron chi connectivity index (χ4n) is 2.66. The van der Waals surface area contributed by atoms with E-state index in [-0.39, 0.29) is 6.03 Å². The molecule has 2 rings (SSSR count). The second-order valence-electron chi connectivity index (χ2n) is 5.38. The normalized spacial score (nSPS) is 26.4. The number of hydrogen-bond acceptors (Lipinski definition) is 4. The van der Waals surface area contributed by atoms with Gasteiger partial charge < -0.3 is 19.9 Å². The Labute approximate surface area is 115 Å². The van der Waals surface area contributed by atoms with Gasteiger partial charge >= 0.3 is 6.03 Å². The van der Waals surface area contributed by atoms with Crippen LogP contribution in [0.25, 0.3) is 0 Å². The van der Waals surface area contributed by atoms with Crippen LogP contribution in [0.15, 0.2) is 0 Å². The van der Waals surface area contributed by atoms with Crippen molar-refractivity contribution in [1.82, 2.24) is 20.0 Å². The van der Waals surface area contributed by atoms with Gasteiger partial charge in [0.15, 0.2) is 0 Å². The Morgan fingerprint density at radius 1 is 1.26 bits per heavy atom. The highest BCUT2D eigenvalue weighted by molar-refractivity contribution is 5.74. The van der Waals surface area contributed by atoms with Crippen LogP contribution in [0.4, 0.5) is 4.79 Å². The average Bonchev–Trinajstić information content (AvgIpc) is 2.40. The molecule has 2 fully saturated rings. The summed E-state index contributed by atoms with van der Waals surface area (Å²) in [4.78, 5) is 18.3. The smallest absolute Gasteiger partial charge is 0.317 e. The third-order valence-corrected chi connectivity index (χ3v) is 3.79. The maximum absolute atomic E-state index is 11.7. The molecule has 110 valence electrons. The Balaban J connectivity index is 1.69. The fourth-order valence-corrected chi connectivity index (χ4v) is 2.66. The summed E-state index contributed by atoms with van der Waals surface area (Å²) in [7, 11) is 2.14. The number of morpholine rings is 1. The van der Waals surface area contributed by atoms with Crippen LogP contribution in [-0.4, -0.2) is 92.8 Å². The van der Waals surface area contributed by atoms with E-state index < -0.39 is 0 Å². The van der Waals surface area contributed by atoms with Crippen molar-refractivity contribution in [2.75, 3.05) is 66.0 Å². The number of carbonyl (C=O) groups is 1. The van der Waals surface area contributed by atoms with E-state index in [0.29, 0.717) is 12.6 Å². The summed E-state index contributed by atoms with van der Waals surface area (Å²) in [6.07, 6.45) is 0.315. The number of amides is 2. The van der Waals surface area contributed by atoms with Gasteiger partial charge in [0.25, 0.3) is 0 Å². The Kier molecular flexibility index (Phi) is 5.42. The summed E-state index contributed by atoms with van der Waals surface area (Å²) >= 11 is 0. The first kappa shape index (κ1) is 14.6. The van der Waals surface area contributed by atoms with Crippen LogP contribution in [0.3, 0.4) is 0 Å². The summed E-state index contributed by atoms with van der Waals surface area (Å²) in [6, 6.07) is 0.0656. The van der Waals surface area contributed by atoms with Crippen LogP contribution < -0.4 is 5.32 Å². The van der Waals surface area contributed by atoms with Gasteiger partial charge in [0.2, 0.25) is 0 Å². The van der Waals surface area contributed by atoms with Crippen molar-refractivity contribution in [3.63, 3.8) is 0 Å². The molecule has 0 radical (unpaired) electrons. The SMILES string of the molecule is CCNC(=O)N1CCN(CC2CN(C)CCO2)CC1. The number of nitrogens with zero attached hydrogens (tertiary/aromatic N) is 3. The van der Waals surface area contributed by atoms with Crippen molar-refractivity contribution >= 4 is 6.03 Å². The maximum Gasteiger partial charge on any atom is 0.317 e. The standard InChI is InChI=1S/C13H26N4O2/c1-3-14-13(18)17-6-4-16(5-7-17)11-12-10-15(2)8-9-19-12/h12H,3-11H2,1-2H3,(H,14,18). The lowest BCUT2D eigenvalue weighted by atomic mass is 10.2. The molecule has 1 N–H and O–H groups in total. The first-order valence-corrected chi connectivity index (χ1v) is 7.24. The molecular formula is C13H26N4O2. The highest BCUT2D eigenvalue weighted by Gasteiger charge is 2.25. The predicted molar refractivity (Wildman–Crippen MR) is 74.3 cm³/mol. The van der Waals surface area contributed by atoms with Gasteiger partial charge in [-0.15, -0.1) is 0 Å². The van der Waals surface area contributed by atoms with Crippen molar-refractivity contribution in [2.24, 2.45) is 0 Å². The van der Waals surface area contributed by atoms with Crippen molar-refractivity contribution < 1.29 is 9.53 Å². The van der Waals surface area contributed by atoms with Gasteiger partial charge in [-0.05, 0) is 14.0 Å². The third kappa shape index (κ3) is 4.33. The molecule has 0 aromatic rings. The molecule has 0 aromatic heterocycles. The topological polar surface area (TPSA) is 48.1 Å². The Bertz CT molecular complexity index is 292. The number of likely N-dealkylation sites (N-methyl/N-ethyl adjacent to an activating group) is 1. The molecule has 0 bridgehead atoms. The van der Waals surface area contributed by atoms with Crippen LogP contribution >= 0.6 is 0 Å². The van der Waals surface area contributed by atoms with E-state index in [1.807, 2.05) is 11.8 Å². The summed E-state index contributed by atoms with van der Waals surface area (Å²) in [5.41, 5.74) is 0. The first-order chi connectivity index (χ1) is 9.19. The minimum Gasteiger partial charge on any atom is -0.374 e. The maximum atomic E-state index is 11.7. The van der Waals surface area contributed by atoms with E-state index >= 15 is 0 Å². The number of ether oxygens (including phenoxy) is 1. The molecule has 2 amide bonds. The summed E-state index contributed by atoms with van der Waals surface area (Å²) in [5, 5.41) is 2.85. The highest BCUT2D eigenvalue weighted by atomic mass is 16.5. The Morgan fingerprint density at radius 3 is 2.63 bits per heavy atom. The molecule has 19 heavy (non-hydrogen) atoms. The van der Waals surface area contributed by atoms with Gasteiger partial charge in [0, 0.05) is 52.4 Å². The lowest BCUT2D eigenvalue weighted by Crippen LogP contribution is -2.54. The zero-order valence-electron chi connectivity index (χ0n) is 12.1. The van der Waals surface area contributed by atoms with E-state index in [9.17, 15) is 4.79 Å². The zero-order chi connectivity index (χ0) is 13.7. The molecule has 6 nitrogen and oxygen atoms in total. The minimum absolute atomic E-state index is 0.0656. The molecule has 0 aliphatic carbocycles. The van der Waals surface area contributed by atoms with Gasteiger partial charge in [-0.25, -0.2) is 4.79 Å². The highest BCUT2D eigenvalue weighted by Crippen LogP contribution is 2.08. The van der Waals surface area contributed by atoms with Crippen molar-refractivity contribution in [1.29, 1.82) is 0 Å². The predicted octanol–water partition coefficient (Wildman–Crippen LogP) is -0.336. The molecule has 2 saturated heterocycles. The van der Waals surface area contributed by atoms with Crippen LogP contribution in [0.5, 0.6) is 0 Å². The molecule has 0 aromatic carbocycles. The van der Waals surface area contributed by atoms with Gasteiger partial charge in [0.1, 0.15) is 0 Å². The van der Waals surface area contributed by atoms with Crippen molar-refractivity contribution in [3.8, 4) is 0 Å². The zero-order valence-corrected chi connectivity index (χ0v) is 12.1. The van der Waals surface area contributed by atoms with E-state index in [4.69, 9.17) is 4.74 Å². The molecule has 2 heterocycles. The van der Waals surface area contributed by atoms with E-state index in [1.165, 1.54) is 0 Å². The van der Waals surface area contributed by atoms with Gasteiger partial charge in [-0.2, -0.15) is 0 Å². The average molecular weight is 270 g/mol. The Hall–Kier alpha value is -0.850. The monoisotopic (exact) mass is 270 g/mol. The minimum atomic E-state index is 0.0656. The van der Waals surface area contributed by atoms with Crippen molar-refractivity contribution in [2.45, 2.75) is 13.0 Å². The Morgan fingerprint density at radius 2 is 2.00 bits per heavy atom. The molecule has 2 aliphatic rings. The van der Waals surface area contributed by atoms with Gasteiger partial charge in [-0.3, -0.25) is 4.90 Å². The first-order valence-electron chi connectivity index (χ1n) is 7.24. The summed E-state index contributed by atoms with van der Waals surface area (Å²) in [5.74, 6) is 0. The number of hydrogen-bond donors (Lipinski definition) is 1. The lowest BCUT2D eigenvalue weighted by Gasteiger charge is -2.38. The summed E-state index contributed by atoms with van der Waals surface area (Å²) in [6.45, 7) is 10.0. The van der Waals surface area contributed by atoms with Gasteiger partial charge in [-0.1, -0.05) is 0 Å². The van der Waals surface area contributed by atoms with Crippen LogP contribution in [0.2, 0.25) is 0 Å². The number of carbonyl (C=O) groups excluding carboxylic acids is 1. The molecule has 1 atom stereocenters. The molecular weight excluding hydrogens is 244 g/mol. The summed E-state index contributed by atoms with van der Waals surface area (Å²) < 4.78 is 5.79. The second-order valence-corrected chi connectivity index (χ2v) is 5.38. The van der Waals surface area contributed by atoms with Crippen LogP contribution in [-0.2, 0) is 4.74 Å². The third-order valence-electron chi connectivity index (χ3n) is 3.79. The van der Waals surface area contributed by atoms with E-state index in [1.54, 1.807) is 0 Å². The number of urea groups is 1. The van der Waals surface area contributed by atoms with Crippen molar-refractivity contribution in [3.05, 3.63) is 0 Å². The van der Waals surface area contributed by atoms with Crippen LogP contribution in [0.1, 0.15) is 6.92 Å². The molecule has 1 unspecified atom stereocenters. The lowest BCUT2D eigenvalue weighted by molar-refractivity contribution is -0.0395. The van der Waals surface area contributed by atoms with Crippen LogP contribution in [0, 0.1) is 0 Å².